The Morgan fingerprint density at radius 2 is 1.94 bits per heavy atom. The minimum absolute atomic E-state index is 0.265. The Balaban J connectivity index is 1.63. The molecule has 1 aliphatic rings. The zero-order chi connectivity index (χ0) is 22.6. The first-order valence-electron chi connectivity index (χ1n) is 10.3. The highest BCUT2D eigenvalue weighted by molar-refractivity contribution is 5.96. The number of hydrogen-bond donors (Lipinski definition) is 1. The first kappa shape index (κ1) is 22.4. The molecule has 3 rings (SSSR count). The molecule has 0 bridgehead atoms. The molecule has 2 aromatic rings. The monoisotopic (exact) mass is 427 g/mol. The number of methoxy groups -OCH3 is 1. The number of nitrogens with one attached hydrogen (secondary N) is 1. The fraction of sp³-hybridized carbons (Fsp3) is 0.435. The van der Waals surface area contributed by atoms with Crippen molar-refractivity contribution < 1.29 is 23.8 Å². The molecule has 1 aliphatic heterocycles. The molecule has 1 fully saturated rings. The summed E-state index contributed by atoms with van der Waals surface area (Å²) >= 11 is 0. The van der Waals surface area contributed by atoms with E-state index in [0.29, 0.717) is 36.0 Å². The van der Waals surface area contributed by atoms with Gasteiger partial charge in [-0.3, -0.25) is 9.69 Å². The van der Waals surface area contributed by atoms with Crippen LogP contribution >= 0.6 is 0 Å². The van der Waals surface area contributed by atoms with Gasteiger partial charge in [-0.15, -0.1) is 0 Å². The van der Waals surface area contributed by atoms with E-state index in [4.69, 9.17) is 14.2 Å². The quantitative estimate of drug-likeness (QED) is 0.754. The van der Waals surface area contributed by atoms with Crippen LogP contribution in [-0.2, 0) is 9.53 Å². The van der Waals surface area contributed by atoms with Gasteiger partial charge >= 0.3 is 6.09 Å². The zero-order valence-electron chi connectivity index (χ0n) is 18.6. The van der Waals surface area contributed by atoms with Crippen molar-refractivity contribution in [2.45, 2.75) is 52.2 Å². The fourth-order valence-corrected chi connectivity index (χ4v) is 3.29. The molecule has 0 aliphatic carbocycles. The number of rotatable bonds is 5. The Kier molecular flexibility index (Phi) is 6.68. The molecule has 2 heterocycles. The van der Waals surface area contributed by atoms with E-state index in [2.05, 4.69) is 10.3 Å². The summed E-state index contributed by atoms with van der Waals surface area (Å²) in [6.07, 6.45) is 2.38. The molecule has 1 N–H and O–H groups in total. The Morgan fingerprint density at radius 1 is 1.16 bits per heavy atom. The Labute approximate surface area is 182 Å². The van der Waals surface area contributed by atoms with E-state index in [-0.39, 0.29) is 5.91 Å². The molecule has 1 aromatic carbocycles. The summed E-state index contributed by atoms with van der Waals surface area (Å²) in [5, 5.41) is 2.82. The maximum absolute atomic E-state index is 12.8. The lowest BCUT2D eigenvalue weighted by Gasteiger charge is -2.28. The van der Waals surface area contributed by atoms with Crippen LogP contribution in [0.25, 0.3) is 0 Å². The van der Waals surface area contributed by atoms with Gasteiger partial charge in [0.2, 0.25) is 11.8 Å². The third-order valence-electron chi connectivity index (χ3n) is 4.72. The number of carbonyl (C=O) groups excluding carboxylic acids is 2. The highest BCUT2D eigenvalue weighted by atomic mass is 16.6. The first-order valence-corrected chi connectivity index (χ1v) is 10.3. The van der Waals surface area contributed by atoms with Crippen LogP contribution in [0.2, 0.25) is 0 Å². The van der Waals surface area contributed by atoms with Crippen molar-refractivity contribution in [3.63, 3.8) is 0 Å². The Hall–Kier alpha value is -3.29. The molecular weight excluding hydrogens is 398 g/mol. The molecule has 8 heteroatoms. The van der Waals surface area contributed by atoms with Gasteiger partial charge in [-0.25, -0.2) is 9.78 Å². The average molecular weight is 428 g/mol. The van der Waals surface area contributed by atoms with Crippen LogP contribution in [0.5, 0.6) is 17.4 Å². The molecule has 0 radical (unpaired) electrons. The second-order valence-corrected chi connectivity index (χ2v) is 8.46. The molecule has 1 saturated heterocycles. The standard InChI is InChI=1S/C23H29N3O5/c1-15-8-10-18(19(13-15)29-5)30-20-11-9-16(14-24-20)25-21(27)17-7-6-12-26(17)22(28)31-23(2,3)4/h8-11,13-14,17H,6-7,12H2,1-5H3,(H,25,27)/t17-/m0/s1. The number of hydrogen-bond acceptors (Lipinski definition) is 6. The molecule has 166 valence electrons. The number of anilines is 1. The van der Waals surface area contributed by atoms with E-state index in [9.17, 15) is 9.59 Å². The highest BCUT2D eigenvalue weighted by Gasteiger charge is 2.36. The third kappa shape index (κ3) is 5.87. The van der Waals surface area contributed by atoms with E-state index in [1.807, 2.05) is 25.1 Å². The zero-order valence-corrected chi connectivity index (χ0v) is 18.6. The number of nitrogens with zero attached hydrogens (tertiary/aromatic N) is 2. The summed E-state index contributed by atoms with van der Waals surface area (Å²) in [5.74, 6) is 1.27. The summed E-state index contributed by atoms with van der Waals surface area (Å²) in [6.45, 7) is 7.87. The van der Waals surface area contributed by atoms with Crippen LogP contribution < -0.4 is 14.8 Å². The van der Waals surface area contributed by atoms with Gasteiger partial charge in [-0.2, -0.15) is 0 Å². The summed E-state index contributed by atoms with van der Waals surface area (Å²) in [6, 6.07) is 8.41. The Bertz CT molecular complexity index is 937. The minimum atomic E-state index is -0.611. The Morgan fingerprint density at radius 3 is 2.58 bits per heavy atom. The smallest absolute Gasteiger partial charge is 0.410 e. The SMILES string of the molecule is COc1cc(C)ccc1Oc1ccc(NC(=O)[C@@H]2CCCN2C(=O)OC(C)(C)C)cn1. The number of carbonyl (C=O) groups is 2. The summed E-state index contributed by atoms with van der Waals surface area (Å²) in [5.41, 5.74) is 0.965. The molecule has 8 nitrogen and oxygen atoms in total. The predicted molar refractivity (Wildman–Crippen MR) is 117 cm³/mol. The van der Waals surface area contributed by atoms with Crippen molar-refractivity contribution in [3.05, 3.63) is 42.1 Å². The van der Waals surface area contributed by atoms with Crippen molar-refractivity contribution in [2.24, 2.45) is 0 Å². The van der Waals surface area contributed by atoms with E-state index in [1.165, 1.54) is 11.1 Å². The molecule has 2 amide bonds. The van der Waals surface area contributed by atoms with Gasteiger partial charge in [0.1, 0.15) is 11.6 Å². The van der Waals surface area contributed by atoms with Crippen molar-refractivity contribution in [1.29, 1.82) is 0 Å². The van der Waals surface area contributed by atoms with Crippen molar-refractivity contribution in [2.75, 3.05) is 19.0 Å². The molecule has 1 aromatic heterocycles. The number of aryl methyl sites for hydroxylation is 1. The van der Waals surface area contributed by atoms with E-state index in [0.717, 1.165) is 12.0 Å². The van der Waals surface area contributed by atoms with Crippen LogP contribution in [0.1, 0.15) is 39.2 Å². The third-order valence-corrected chi connectivity index (χ3v) is 4.72. The van der Waals surface area contributed by atoms with Gasteiger partial charge in [0.05, 0.1) is 19.0 Å². The van der Waals surface area contributed by atoms with Crippen molar-refractivity contribution in [1.82, 2.24) is 9.88 Å². The van der Waals surface area contributed by atoms with Gasteiger partial charge in [0, 0.05) is 12.6 Å². The van der Waals surface area contributed by atoms with Gasteiger partial charge in [0.25, 0.3) is 0 Å². The molecule has 0 unspecified atom stereocenters. The van der Waals surface area contributed by atoms with E-state index >= 15 is 0 Å². The number of amides is 2. The van der Waals surface area contributed by atoms with Crippen molar-refractivity contribution in [3.8, 4) is 17.4 Å². The maximum Gasteiger partial charge on any atom is 0.410 e. The summed E-state index contributed by atoms with van der Waals surface area (Å²) in [4.78, 5) is 30.9. The minimum Gasteiger partial charge on any atom is -0.493 e. The first-order chi connectivity index (χ1) is 14.7. The van der Waals surface area contributed by atoms with Gasteiger partial charge < -0.3 is 19.5 Å². The van der Waals surface area contributed by atoms with Crippen LogP contribution in [0.15, 0.2) is 36.5 Å². The normalized spacial score (nSPS) is 16.0. The van der Waals surface area contributed by atoms with Crippen LogP contribution in [-0.4, -0.2) is 47.2 Å². The van der Waals surface area contributed by atoms with Gasteiger partial charge in [-0.05, 0) is 64.3 Å². The molecular formula is C23H29N3O5. The maximum atomic E-state index is 12.8. The van der Waals surface area contributed by atoms with Crippen LogP contribution in [0, 0.1) is 6.92 Å². The predicted octanol–water partition coefficient (Wildman–Crippen LogP) is 4.53. The summed E-state index contributed by atoms with van der Waals surface area (Å²) < 4.78 is 16.5. The molecule has 0 spiro atoms. The van der Waals surface area contributed by atoms with E-state index < -0.39 is 17.7 Å². The number of benzene rings is 1. The van der Waals surface area contributed by atoms with Gasteiger partial charge in [0.15, 0.2) is 11.5 Å². The molecule has 31 heavy (non-hydrogen) atoms. The van der Waals surface area contributed by atoms with Crippen LogP contribution in [0.4, 0.5) is 10.5 Å². The largest absolute Gasteiger partial charge is 0.493 e. The second kappa shape index (κ2) is 9.24. The lowest BCUT2D eigenvalue weighted by molar-refractivity contribution is -0.120. The number of pyridine rings is 1. The lowest BCUT2D eigenvalue weighted by atomic mass is 10.2. The molecule has 0 saturated carbocycles. The molecule has 1 atom stereocenters. The average Bonchev–Trinajstić information content (AvgIpc) is 3.20. The lowest BCUT2D eigenvalue weighted by Crippen LogP contribution is -2.45. The highest BCUT2D eigenvalue weighted by Crippen LogP contribution is 2.31. The van der Waals surface area contributed by atoms with Crippen LogP contribution in [0.3, 0.4) is 0 Å². The topological polar surface area (TPSA) is 90.0 Å². The number of likely N-dealkylation sites (tertiary alicyclic amines) is 1. The number of ether oxygens (including phenoxy) is 3. The summed E-state index contributed by atoms with van der Waals surface area (Å²) in [7, 11) is 1.58. The van der Waals surface area contributed by atoms with Crippen molar-refractivity contribution >= 4 is 17.7 Å². The second-order valence-electron chi connectivity index (χ2n) is 8.46. The van der Waals surface area contributed by atoms with Gasteiger partial charge in [-0.1, -0.05) is 6.07 Å². The number of aromatic nitrogens is 1. The van der Waals surface area contributed by atoms with E-state index in [1.54, 1.807) is 40.0 Å². The fourth-order valence-electron chi connectivity index (χ4n) is 3.29.